The average molecular weight is 228 g/mol. The van der Waals surface area contributed by atoms with Gasteiger partial charge in [0.25, 0.3) is 0 Å². The Morgan fingerprint density at radius 3 is 2.41 bits per heavy atom. The van der Waals surface area contributed by atoms with E-state index >= 15 is 0 Å². The molecule has 3 nitrogen and oxygen atoms in total. The van der Waals surface area contributed by atoms with Gasteiger partial charge >= 0.3 is 0 Å². The van der Waals surface area contributed by atoms with Gasteiger partial charge in [-0.3, -0.25) is 9.48 Å². The minimum absolute atomic E-state index is 0.386. The lowest BCUT2D eigenvalue weighted by Crippen LogP contribution is -1.93. The van der Waals surface area contributed by atoms with Gasteiger partial charge in [-0.05, 0) is 11.5 Å². The van der Waals surface area contributed by atoms with Crippen LogP contribution in [-0.2, 0) is 7.05 Å². The molecule has 0 atom stereocenters. The molecule has 0 radical (unpaired) electrons. The van der Waals surface area contributed by atoms with Crippen molar-refractivity contribution in [3.8, 4) is 11.1 Å². The van der Waals surface area contributed by atoms with Gasteiger partial charge in [0.15, 0.2) is 0 Å². The third kappa shape index (κ3) is 2.28. The summed E-state index contributed by atoms with van der Waals surface area (Å²) in [5.74, 6) is 0.386. The molecular formula is C14H16N2O. The van der Waals surface area contributed by atoms with Gasteiger partial charge in [-0.1, -0.05) is 38.1 Å². The fourth-order valence-electron chi connectivity index (χ4n) is 1.90. The zero-order valence-electron chi connectivity index (χ0n) is 10.3. The summed E-state index contributed by atoms with van der Waals surface area (Å²) in [6.07, 6.45) is 2.88. The van der Waals surface area contributed by atoms with Crippen LogP contribution in [0.4, 0.5) is 0 Å². The Labute approximate surface area is 101 Å². The van der Waals surface area contributed by atoms with Crippen molar-refractivity contribution >= 4 is 6.29 Å². The molecule has 0 amide bonds. The normalized spacial score (nSPS) is 10.8. The highest BCUT2D eigenvalue weighted by Crippen LogP contribution is 2.27. The zero-order chi connectivity index (χ0) is 12.4. The molecule has 1 aromatic carbocycles. The first-order valence-electron chi connectivity index (χ1n) is 5.71. The largest absolute Gasteiger partial charge is 0.298 e. The summed E-state index contributed by atoms with van der Waals surface area (Å²) in [5, 5.41) is 4.48. The zero-order valence-corrected chi connectivity index (χ0v) is 10.3. The number of hydrogen-bond acceptors (Lipinski definition) is 2. The van der Waals surface area contributed by atoms with Crippen molar-refractivity contribution in [3.63, 3.8) is 0 Å². The highest BCUT2D eigenvalue weighted by atomic mass is 16.1. The second-order valence-electron chi connectivity index (χ2n) is 4.50. The van der Waals surface area contributed by atoms with Crippen LogP contribution in [0, 0.1) is 0 Å². The molecule has 0 saturated heterocycles. The van der Waals surface area contributed by atoms with E-state index in [9.17, 15) is 4.79 Å². The van der Waals surface area contributed by atoms with E-state index in [2.05, 4.69) is 18.9 Å². The predicted octanol–water partition coefficient (Wildman–Crippen LogP) is 3.02. The van der Waals surface area contributed by atoms with Crippen molar-refractivity contribution in [1.29, 1.82) is 0 Å². The van der Waals surface area contributed by atoms with Crippen LogP contribution in [-0.4, -0.2) is 16.1 Å². The number of hydrogen-bond donors (Lipinski definition) is 0. The van der Waals surface area contributed by atoms with E-state index in [-0.39, 0.29) is 0 Å². The molecule has 2 aromatic rings. The lowest BCUT2D eigenvalue weighted by Gasteiger charge is -2.05. The third-order valence-corrected chi connectivity index (χ3v) is 2.76. The van der Waals surface area contributed by atoms with Gasteiger partial charge in [0.2, 0.25) is 0 Å². The van der Waals surface area contributed by atoms with Crippen LogP contribution in [0.15, 0.2) is 30.5 Å². The summed E-state index contributed by atoms with van der Waals surface area (Å²) in [5.41, 5.74) is 4.03. The van der Waals surface area contributed by atoms with Crippen molar-refractivity contribution in [1.82, 2.24) is 9.78 Å². The van der Waals surface area contributed by atoms with Crippen LogP contribution >= 0.6 is 0 Å². The smallest absolute Gasteiger partial charge is 0.150 e. The second-order valence-corrected chi connectivity index (χ2v) is 4.50. The van der Waals surface area contributed by atoms with Gasteiger partial charge in [-0.25, -0.2) is 0 Å². The van der Waals surface area contributed by atoms with E-state index in [4.69, 9.17) is 0 Å². The van der Waals surface area contributed by atoms with Crippen molar-refractivity contribution in [2.75, 3.05) is 0 Å². The first kappa shape index (κ1) is 11.6. The van der Waals surface area contributed by atoms with Crippen molar-refractivity contribution in [2.45, 2.75) is 19.8 Å². The van der Waals surface area contributed by atoms with Gasteiger partial charge < -0.3 is 0 Å². The van der Waals surface area contributed by atoms with Crippen LogP contribution in [0.25, 0.3) is 11.1 Å². The van der Waals surface area contributed by atoms with Crippen LogP contribution in [0.5, 0.6) is 0 Å². The quantitative estimate of drug-likeness (QED) is 0.757. The number of carbonyl (C=O) groups excluding carboxylic acids is 1. The van der Waals surface area contributed by atoms with Crippen LogP contribution in [0.2, 0.25) is 0 Å². The van der Waals surface area contributed by atoms with E-state index in [1.165, 1.54) is 0 Å². The van der Waals surface area contributed by atoms with Gasteiger partial charge in [-0.15, -0.1) is 0 Å². The van der Waals surface area contributed by atoms with Crippen LogP contribution in [0.1, 0.15) is 35.8 Å². The van der Waals surface area contributed by atoms with Gasteiger partial charge in [-0.2, -0.15) is 5.10 Å². The molecular weight excluding hydrogens is 212 g/mol. The summed E-state index contributed by atoms with van der Waals surface area (Å²) in [7, 11) is 1.93. The maximum Gasteiger partial charge on any atom is 0.150 e. The Balaban J connectivity index is 2.47. The molecule has 3 heteroatoms. The molecule has 0 saturated carbocycles. The molecule has 0 bridgehead atoms. The predicted molar refractivity (Wildman–Crippen MR) is 68.1 cm³/mol. The molecule has 0 N–H and O–H groups in total. The Kier molecular flexibility index (Phi) is 3.09. The van der Waals surface area contributed by atoms with Crippen LogP contribution in [0.3, 0.4) is 0 Å². The second kappa shape index (κ2) is 4.53. The lowest BCUT2D eigenvalue weighted by molar-refractivity contribution is 0.112. The Bertz CT molecular complexity index is 524. The van der Waals surface area contributed by atoms with Gasteiger partial charge in [0.05, 0.1) is 5.69 Å². The first-order valence-corrected chi connectivity index (χ1v) is 5.71. The molecule has 0 aliphatic carbocycles. The Morgan fingerprint density at radius 2 is 1.88 bits per heavy atom. The van der Waals surface area contributed by atoms with Crippen molar-refractivity contribution < 1.29 is 4.79 Å². The topological polar surface area (TPSA) is 34.9 Å². The summed E-state index contributed by atoms with van der Waals surface area (Å²) in [6.45, 7) is 4.26. The van der Waals surface area contributed by atoms with E-state index in [0.29, 0.717) is 11.5 Å². The molecule has 17 heavy (non-hydrogen) atoms. The Hall–Kier alpha value is -1.90. The fourth-order valence-corrected chi connectivity index (χ4v) is 1.90. The molecule has 2 rings (SSSR count). The molecule has 0 aliphatic heterocycles. The summed E-state index contributed by atoms with van der Waals surface area (Å²) >= 11 is 0. The lowest BCUT2D eigenvalue weighted by atomic mass is 9.99. The average Bonchev–Trinajstić information content (AvgIpc) is 2.72. The minimum Gasteiger partial charge on any atom is -0.298 e. The fraction of sp³-hybridized carbons (Fsp3) is 0.286. The standard InChI is InChI=1S/C14H16N2O/c1-10(2)14-13(8-16(3)15-14)12-6-4-11(9-17)5-7-12/h4-10H,1-3H3. The van der Waals surface area contributed by atoms with E-state index < -0.39 is 0 Å². The number of benzene rings is 1. The number of aldehydes is 1. The molecule has 0 unspecified atom stereocenters. The van der Waals surface area contributed by atoms with Crippen LogP contribution < -0.4 is 0 Å². The van der Waals surface area contributed by atoms with Gasteiger partial charge in [0.1, 0.15) is 6.29 Å². The SMILES string of the molecule is CC(C)c1nn(C)cc1-c1ccc(C=O)cc1. The molecule has 88 valence electrons. The summed E-state index contributed by atoms with van der Waals surface area (Å²) in [4.78, 5) is 10.6. The number of carbonyl (C=O) groups is 1. The van der Waals surface area contributed by atoms with E-state index in [1.807, 2.05) is 42.2 Å². The molecule has 0 fully saturated rings. The van der Waals surface area contributed by atoms with Gasteiger partial charge in [0, 0.05) is 24.4 Å². The number of nitrogens with zero attached hydrogens (tertiary/aromatic N) is 2. The highest BCUT2D eigenvalue weighted by molar-refractivity contribution is 5.77. The molecule has 1 heterocycles. The number of rotatable bonds is 3. The maximum atomic E-state index is 10.6. The van der Waals surface area contributed by atoms with Crippen molar-refractivity contribution in [2.24, 2.45) is 7.05 Å². The first-order chi connectivity index (χ1) is 8.11. The monoisotopic (exact) mass is 228 g/mol. The number of aryl methyl sites for hydroxylation is 1. The summed E-state index contributed by atoms with van der Waals surface area (Å²) < 4.78 is 1.83. The van der Waals surface area contributed by atoms with E-state index in [1.54, 1.807) is 0 Å². The Morgan fingerprint density at radius 1 is 1.24 bits per heavy atom. The minimum atomic E-state index is 0.386. The maximum absolute atomic E-state index is 10.6. The van der Waals surface area contributed by atoms with E-state index in [0.717, 1.165) is 23.1 Å². The van der Waals surface area contributed by atoms with Crippen molar-refractivity contribution in [3.05, 3.63) is 41.7 Å². The molecule has 1 aromatic heterocycles. The molecule has 0 spiro atoms. The third-order valence-electron chi connectivity index (χ3n) is 2.76. The highest BCUT2D eigenvalue weighted by Gasteiger charge is 2.12. The number of aromatic nitrogens is 2. The summed E-state index contributed by atoms with van der Waals surface area (Å²) in [6, 6.07) is 7.60. The molecule has 0 aliphatic rings.